The van der Waals surface area contributed by atoms with Crippen LogP contribution in [0.5, 0.6) is 0 Å². The van der Waals surface area contributed by atoms with E-state index in [2.05, 4.69) is 50.3 Å². The molecule has 3 aromatic rings. The highest BCUT2D eigenvalue weighted by Crippen LogP contribution is 2.19. The highest BCUT2D eigenvalue weighted by atomic mass is 79.9. The molecular formula is C12H13BrN6. The highest BCUT2D eigenvalue weighted by molar-refractivity contribution is 9.10. The fourth-order valence-corrected chi connectivity index (χ4v) is 2.16. The molecule has 0 aliphatic carbocycles. The number of rotatable bonds is 3. The third kappa shape index (κ3) is 2.33. The van der Waals surface area contributed by atoms with Crippen LogP contribution >= 0.6 is 15.9 Å². The van der Waals surface area contributed by atoms with E-state index >= 15 is 0 Å². The van der Waals surface area contributed by atoms with Gasteiger partial charge in [-0.05, 0) is 41.9 Å². The lowest BCUT2D eigenvalue weighted by Crippen LogP contribution is -2.00. The van der Waals surface area contributed by atoms with E-state index in [1.54, 1.807) is 10.7 Å². The first-order valence-corrected chi connectivity index (χ1v) is 6.75. The topological polar surface area (TPSA) is 60.0 Å². The summed E-state index contributed by atoms with van der Waals surface area (Å²) in [6.45, 7) is 4.16. The first kappa shape index (κ1) is 12.2. The average molecular weight is 321 g/mol. The van der Waals surface area contributed by atoms with Crippen LogP contribution < -0.4 is 5.32 Å². The van der Waals surface area contributed by atoms with Gasteiger partial charge in [0.2, 0.25) is 5.95 Å². The summed E-state index contributed by atoms with van der Waals surface area (Å²) in [5, 5.41) is 11.8. The zero-order valence-electron chi connectivity index (χ0n) is 10.6. The molecule has 0 aliphatic rings. The van der Waals surface area contributed by atoms with Crippen molar-refractivity contribution in [2.45, 2.75) is 19.9 Å². The zero-order chi connectivity index (χ0) is 13.4. The third-order valence-electron chi connectivity index (χ3n) is 2.70. The maximum Gasteiger partial charge on any atom is 0.247 e. The Kier molecular flexibility index (Phi) is 2.98. The summed E-state index contributed by atoms with van der Waals surface area (Å²) >= 11 is 3.45. The summed E-state index contributed by atoms with van der Waals surface area (Å²) in [6, 6.07) is 4.18. The fraction of sp³-hybridized carbons (Fsp3) is 0.250. The normalized spacial score (nSPS) is 11.4. The van der Waals surface area contributed by atoms with Gasteiger partial charge in [-0.2, -0.15) is 10.1 Å². The Morgan fingerprint density at radius 1 is 1.37 bits per heavy atom. The van der Waals surface area contributed by atoms with Crippen molar-refractivity contribution in [1.82, 2.24) is 24.4 Å². The number of hydrogen-bond acceptors (Lipinski definition) is 4. The Balaban J connectivity index is 1.90. The van der Waals surface area contributed by atoms with Gasteiger partial charge in [-0.25, -0.2) is 4.52 Å². The third-order valence-corrected chi connectivity index (χ3v) is 3.32. The number of aromatic nitrogens is 5. The van der Waals surface area contributed by atoms with Gasteiger partial charge in [-0.1, -0.05) is 0 Å². The molecule has 19 heavy (non-hydrogen) atoms. The molecule has 7 heteroatoms. The van der Waals surface area contributed by atoms with Crippen LogP contribution in [0.25, 0.3) is 5.65 Å². The van der Waals surface area contributed by atoms with Crippen molar-refractivity contribution in [1.29, 1.82) is 0 Å². The molecule has 0 saturated heterocycles. The predicted molar refractivity (Wildman–Crippen MR) is 76.6 cm³/mol. The monoisotopic (exact) mass is 320 g/mol. The molecule has 0 saturated carbocycles. The van der Waals surface area contributed by atoms with Crippen LogP contribution in [-0.2, 0) is 0 Å². The summed E-state index contributed by atoms with van der Waals surface area (Å²) in [7, 11) is 0. The summed E-state index contributed by atoms with van der Waals surface area (Å²) in [5.74, 6) is 0.551. The van der Waals surface area contributed by atoms with E-state index in [1.165, 1.54) is 0 Å². The smallest absolute Gasteiger partial charge is 0.247 e. The lowest BCUT2D eigenvalue weighted by molar-refractivity contribution is 0.532. The number of nitrogens with zero attached hydrogens (tertiary/aromatic N) is 5. The first-order valence-electron chi connectivity index (χ1n) is 5.95. The van der Waals surface area contributed by atoms with Crippen molar-refractivity contribution >= 4 is 33.2 Å². The molecule has 0 aliphatic heterocycles. The molecule has 0 spiro atoms. The van der Waals surface area contributed by atoms with Gasteiger partial charge in [-0.3, -0.25) is 4.68 Å². The minimum atomic E-state index is 0.332. The zero-order valence-corrected chi connectivity index (χ0v) is 12.2. The molecule has 0 fully saturated rings. The highest BCUT2D eigenvalue weighted by Gasteiger charge is 2.08. The number of anilines is 2. The van der Waals surface area contributed by atoms with Gasteiger partial charge in [0.1, 0.15) is 0 Å². The van der Waals surface area contributed by atoms with Crippen LogP contribution in [0.4, 0.5) is 11.6 Å². The Morgan fingerprint density at radius 2 is 2.21 bits per heavy atom. The largest absolute Gasteiger partial charge is 0.320 e. The second-order valence-electron chi connectivity index (χ2n) is 4.49. The standard InChI is InChI=1S/C12H13BrN6/c1-8(2)19-7-9(6-14-19)15-12-16-11-10(13)4-3-5-18(11)17-12/h3-8H,1-2H3,(H,15,17). The quantitative estimate of drug-likeness (QED) is 0.805. The van der Waals surface area contributed by atoms with E-state index in [1.807, 2.05) is 29.2 Å². The van der Waals surface area contributed by atoms with Gasteiger partial charge in [0, 0.05) is 18.4 Å². The van der Waals surface area contributed by atoms with E-state index in [-0.39, 0.29) is 0 Å². The van der Waals surface area contributed by atoms with E-state index in [9.17, 15) is 0 Å². The van der Waals surface area contributed by atoms with Crippen molar-refractivity contribution < 1.29 is 0 Å². The fourth-order valence-electron chi connectivity index (χ4n) is 1.74. The summed E-state index contributed by atoms with van der Waals surface area (Å²) in [4.78, 5) is 4.42. The molecule has 0 radical (unpaired) electrons. The maximum atomic E-state index is 4.42. The predicted octanol–water partition coefficient (Wildman–Crippen LogP) is 3.01. The van der Waals surface area contributed by atoms with Crippen LogP contribution in [0, 0.1) is 0 Å². The number of fused-ring (bicyclic) bond motifs is 1. The number of pyridine rings is 1. The molecule has 0 atom stereocenters. The molecule has 3 aromatic heterocycles. The van der Waals surface area contributed by atoms with Gasteiger partial charge >= 0.3 is 0 Å². The second-order valence-corrected chi connectivity index (χ2v) is 5.34. The first-order chi connectivity index (χ1) is 9.13. The maximum absolute atomic E-state index is 4.42. The molecule has 1 N–H and O–H groups in total. The Labute approximate surface area is 118 Å². The SMILES string of the molecule is CC(C)n1cc(Nc2nc3c(Br)cccn3n2)cn1. The van der Waals surface area contributed by atoms with E-state index in [4.69, 9.17) is 0 Å². The summed E-state index contributed by atoms with van der Waals surface area (Å²) < 4.78 is 4.52. The lowest BCUT2D eigenvalue weighted by Gasteiger charge is -2.02. The molecule has 3 rings (SSSR count). The van der Waals surface area contributed by atoms with Crippen LogP contribution in [0.3, 0.4) is 0 Å². The molecule has 3 heterocycles. The number of nitrogens with one attached hydrogen (secondary N) is 1. The van der Waals surface area contributed by atoms with E-state index in [0.29, 0.717) is 12.0 Å². The summed E-state index contributed by atoms with van der Waals surface area (Å²) in [5.41, 5.74) is 1.65. The number of halogens is 1. The van der Waals surface area contributed by atoms with Gasteiger partial charge in [0.05, 0.1) is 16.4 Å². The van der Waals surface area contributed by atoms with Crippen molar-refractivity contribution in [3.8, 4) is 0 Å². The minimum absolute atomic E-state index is 0.332. The van der Waals surface area contributed by atoms with Crippen molar-refractivity contribution in [2.24, 2.45) is 0 Å². The lowest BCUT2D eigenvalue weighted by atomic mass is 10.4. The van der Waals surface area contributed by atoms with E-state index in [0.717, 1.165) is 15.8 Å². The average Bonchev–Trinajstić information content (AvgIpc) is 2.96. The Hall–Kier alpha value is -1.89. The minimum Gasteiger partial charge on any atom is -0.320 e. The van der Waals surface area contributed by atoms with Crippen LogP contribution in [0.15, 0.2) is 35.2 Å². The molecular weight excluding hydrogens is 308 g/mol. The van der Waals surface area contributed by atoms with Crippen molar-refractivity contribution in [3.05, 3.63) is 35.2 Å². The van der Waals surface area contributed by atoms with Gasteiger partial charge in [0.25, 0.3) is 0 Å². The van der Waals surface area contributed by atoms with Gasteiger partial charge in [0.15, 0.2) is 5.65 Å². The van der Waals surface area contributed by atoms with Crippen LogP contribution in [0.1, 0.15) is 19.9 Å². The molecule has 98 valence electrons. The van der Waals surface area contributed by atoms with Gasteiger partial charge < -0.3 is 5.32 Å². The molecule has 0 amide bonds. The van der Waals surface area contributed by atoms with E-state index < -0.39 is 0 Å². The molecule has 0 aromatic carbocycles. The summed E-state index contributed by atoms with van der Waals surface area (Å²) in [6.07, 6.45) is 5.56. The molecule has 0 unspecified atom stereocenters. The Bertz CT molecular complexity index is 714. The molecule has 0 bridgehead atoms. The van der Waals surface area contributed by atoms with Crippen LogP contribution in [0.2, 0.25) is 0 Å². The number of hydrogen-bond donors (Lipinski definition) is 1. The Morgan fingerprint density at radius 3 is 2.89 bits per heavy atom. The van der Waals surface area contributed by atoms with Crippen molar-refractivity contribution in [3.63, 3.8) is 0 Å². The van der Waals surface area contributed by atoms with Crippen molar-refractivity contribution in [2.75, 3.05) is 5.32 Å². The van der Waals surface area contributed by atoms with Gasteiger partial charge in [-0.15, -0.1) is 5.10 Å². The van der Waals surface area contributed by atoms with Crippen LogP contribution in [-0.4, -0.2) is 24.4 Å². The second kappa shape index (κ2) is 4.65. The molecule has 6 nitrogen and oxygen atoms in total.